The number of aliphatic hydroxyl groups excluding tert-OH is 1. The molecule has 0 amide bonds. The number of hydrogen-bond donors (Lipinski definition) is 5. The van der Waals surface area contributed by atoms with Crippen molar-refractivity contribution in [2.45, 2.75) is 49.2 Å². The van der Waals surface area contributed by atoms with Gasteiger partial charge in [-0.1, -0.05) is 12.2 Å². The van der Waals surface area contributed by atoms with Crippen molar-refractivity contribution in [3.05, 3.63) is 29.3 Å². The molecule has 2 bridgehead atoms. The van der Waals surface area contributed by atoms with Gasteiger partial charge in [-0.2, -0.15) is 4.98 Å². The summed E-state index contributed by atoms with van der Waals surface area (Å²) >= 11 is 4.23. The first-order chi connectivity index (χ1) is 22.0. The first-order valence-electron chi connectivity index (χ1n) is 14.0. The molecule has 23 heteroatoms. The van der Waals surface area contributed by atoms with Crippen LogP contribution in [0.25, 0.3) is 22.3 Å². The van der Waals surface area contributed by atoms with Crippen molar-refractivity contribution in [3.63, 3.8) is 0 Å². The highest BCUT2D eigenvalue weighted by molar-refractivity contribution is 8.44. The zero-order valence-corrected chi connectivity index (χ0v) is 26.6. The fourth-order valence-electron chi connectivity index (χ4n) is 7.04. The summed E-state index contributed by atoms with van der Waals surface area (Å²) in [5.74, 6) is -0.276. The van der Waals surface area contributed by atoms with E-state index in [1.807, 2.05) is 0 Å². The Bertz CT molecular complexity index is 1990. The number of anilines is 2. The number of methoxy groups -OCH3 is 1. The van der Waals surface area contributed by atoms with E-state index in [0.717, 1.165) is 0 Å². The molecule has 6 heterocycles. The van der Waals surface area contributed by atoms with E-state index in [4.69, 9.17) is 39.0 Å². The monoisotopic (exact) mass is 698 g/mol. The maximum absolute atomic E-state index is 13.7. The summed E-state index contributed by atoms with van der Waals surface area (Å²) in [5.41, 5.74) is 11.0. The predicted molar refractivity (Wildman–Crippen MR) is 160 cm³/mol. The smallest absolute Gasteiger partial charge is 0.386 e. The second kappa shape index (κ2) is 10.8. The van der Waals surface area contributed by atoms with Crippen molar-refractivity contribution in [2.24, 2.45) is 11.3 Å². The highest BCUT2D eigenvalue weighted by Crippen LogP contribution is 2.72. The maximum Gasteiger partial charge on any atom is 0.386 e. The third-order valence-electron chi connectivity index (χ3n) is 9.15. The topological polar surface area (TPSA) is 269 Å². The van der Waals surface area contributed by atoms with Gasteiger partial charge in [0.1, 0.15) is 42.4 Å². The van der Waals surface area contributed by atoms with Gasteiger partial charge in [0.25, 0.3) is 5.56 Å². The van der Waals surface area contributed by atoms with Crippen LogP contribution in [0.2, 0.25) is 0 Å². The molecule has 0 aromatic carbocycles. The number of aromatic amines is 1. The Labute approximate surface area is 263 Å². The number of hydrogen-bond acceptors (Lipinski definition) is 17. The molecule has 46 heavy (non-hydrogen) atoms. The molecule has 4 aromatic heterocycles. The fraction of sp³-hybridized carbons (Fsp3) is 0.565. The Morgan fingerprint density at radius 1 is 1.20 bits per heavy atom. The molecular weight excluding hydrogens is 670 g/mol. The molecule has 8 rings (SSSR count). The molecule has 2 saturated carbocycles. The minimum Gasteiger partial charge on any atom is -0.388 e. The number of ether oxygens (including phenoxy) is 2. The van der Waals surface area contributed by atoms with E-state index in [1.54, 1.807) is 4.57 Å². The van der Waals surface area contributed by atoms with Crippen LogP contribution in [0.5, 0.6) is 0 Å². The maximum atomic E-state index is 13.7. The number of H-pyrrole nitrogens is 1. The molecule has 2 aliphatic heterocycles. The Balaban J connectivity index is 1.13. The van der Waals surface area contributed by atoms with Gasteiger partial charge in [-0.3, -0.25) is 32.5 Å². The largest absolute Gasteiger partial charge is 0.388 e. The van der Waals surface area contributed by atoms with Crippen molar-refractivity contribution in [2.75, 3.05) is 31.8 Å². The molecule has 2 unspecified atom stereocenters. The number of fused-ring (bicyclic) bond motifs is 4. The summed E-state index contributed by atoms with van der Waals surface area (Å²) < 4.78 is 65.5. The van der Waals surface area contributed by atoms with Crippen LogP contribution in [-0.4, -0.2) is 95.0 Å². The van der Waals surface area contributed by atoms with Crippen LogP contribution in [0.3, 0.4) is 0 Å². The lowest BCUT2D eigenvalue weighted by atomic mass is 10.0. The number of nitrogens with one attached hydrogen (secondary N) is 1. The molecule has 6 N–H and O–H groups in total. The summed E-state index contributed by atoms with van der Waals surface area (Å²) in [7, 11) is -1.90. The number of nitrogens with two attached hydrogens (primary N) is 2. The van der Waals surface area contributed by atoms with E-state index >= 15 is 0 Å². The number of nitrogen functional groups attached to an aromatic ring is 2. The van der Waals surface area contributed by atoms with E-state index in [1.165, 1.54) is 30.7 Å². The average molecular weight is 699 g/mol. The zero-order valence-electron chi connectivity index (χ0n) is 23.8. The molecule has 246 valence electrons. The zero-order chi connectivity index (χ0) is 32.1. The van der Waals surface area contributed by atoms with Crippen molar-refractivity contribution in [3.8, 4) is 0 Å². The number of thiol groups is 1. The van der Waals surface area contributed by atoms with E-state index in [0.29, 0.717) is 17.6 Å². The van der Waals surface area contributed by atoms with Gasteiger partial charge in [0.05, 0.1) is 31.9 Å². The number of nitrogens with zero attached hydrogens (tertiary/aromatic N) is 7. The molecule has 0 radical (unpaired) electrons. The van der Waals surface area contributed by atoms with Gasteiger partial charge in [0.2, 0.25) is 5.95 Å². The van der Waals surface area contributed by atoms with E-state index in [2.05, 4.69) is 42.2 Å². The molecular formula is C23H28N10O10P2S. The SMILES string of the molecule is CO[C@H]1[C@H]2O[PH](=O)OCC34C[C@@H]3[C@@H](n3cnc5c(N)ncnc53)[C@H](O)[C@@H]4O[P@@](=O)(S)OC[C@H]1O[C@H]2n1cnc2c(=O)[nH]c(N)nc21. The fourth-order valence-corrected chi connectivity index (χ4v) is 9.49. The van der Waals surface area contributed by atoms with Gasteiger partial charge in [-0.05, 0) is 12.3 Å². The number of imidazole rings is 2. The standard InChI is InChI=1S/C23H28N10O10P2S/c1-38-14-9-3-40-45(37,46)43-16-13(34)12(32-6-28-10-17(24)26-5-27-18(10)32)8-2-23(8,16)4-39-44(36)42-15(14)21(41-9)33-7-29-11-19(33)30-22(25)31-20(11)35/h5-9,12-16,21,34,44H,2-4H2,1H3,(H,37,46)(H2,24,26,27)(H3,25,30,31,35)/t8-,9-,12-,13+,14-,15-,16+,21-,23?,45+/m1/s1. The third-order valence-corrected chi connectivity index (χ3v) is 11.6. The van der Waals surface area contributed by atoms with Gasteiger partial charge >= 0.3 is 15.1 Å². The van der Waals surface area contributed by atoms with Crippen LogP contribution >= 0.6 is 27.3 Å². The molecule has 2 saturated heterocycles. The first-order valence-corrected chi connectivity index (χ1v) is 17.9. The van der Waals surface area contributed by atoms with Crippen LogP contribution < -0.4 is 17.0 Å². The minimum atomic E-state index is -4.18. The summed E-state index contributed by atoms with van der Waals surface area (Å²) in [4.78, 5) is 35.6. The molecule has 1 spiro atoms. The molecule has 20 nitrogen and oxygen atoms in total. The van der Waals surface area contributed by atoms with E-state index < -0.39 is 68.8 Å². The Kier molecular flexibility index (Phi) is 7.11. The van der Waals surface area contributed by atoms with E-state index in [9.17, 15) is 19.0 Å². The van der Waals surface area contributed by atoms with Gasteiger partial charge < -0.3 is 35.1 Å². The van der Waals surface area contributed by atoms with Crippen molar-refractivity contribution >= 4 is 61.4 Å². The second-order valence-electron chi connectivity index (χ2n) is 11.6. The highest BCUT2D eigenvalue weighted by Gasteiger charge is 2.73. The quantitative estimate of drug-likeness (QED) is 0.141. The summed E-state index contributed by atoms with van der Waals surface area (Å²) in [6, 6.07) is -0.642. The minimum absolute atomic E-state index is 0.0177. The van der Waals surface area contributed by atoms with Crippen LogP contribution in [0, 0.1) is 11.3 Å². The van der Waals surface area contributed by atoms with Gasteiger partial charge in [-0.25, -0.2) is 24.5 Å². The van der Waals surface area contributed by atoms with Gasteiger partial charge in [-0.15, -0.1) is 0 Å². The van der Waals surface area contributed by atoms with E-state index in [-0.39, 0.29) is 42.1 Å². The van der Waals surface area contributed by atoms with Crippen LogP contribution in [0.4, 0.5) is 11.8 Å². The predicted octanol–water partition coefficient (Wildman–Crippen LogP) is 0.203. The van der Waals surface area contributed by atoms with Crippen LogP contribution in [0.15, 0.2) is 23.8 Å². The average Bonchev–Trinajstić information content (AvgIpc) is 3.32. The first kappa shape index (κ1) is 30.4. The Morgan fingerprint density at radius 3 is 2.78 bits per heavy atom. The Morgan fingerprint density at radius 2 is 1.98 bits per heavy atom. The highest BCUT2D eigenvalue weighted by atomic mass is 32.7. The molecule has 2 aliphatic carbocycles. The van der Waals surface area contributed by atoms with Crippen molar-refractivity contribution in [1.29, 1.82) is 0 Å². The lowest BCUT2D eigenvalue weighted by Gasteiger charge is -2.30. The van der Waals surface area contributed by atoms with Crippen LogP contribution in [0.1, 0.15) is 18.7 Å². The van der Waals surface area contributed by atoms with Crippen LogP contribution in [-0.2, 0) is 36.7 Å². The molecule has 4 aliphatic rings. The number of aliphatic hydroxyl groups is 1. The molecule has 4 aromatic rings. The molecule has 11 atom stereocenters. The summed E-state index contributed by atoms with van der Waals surface area (Å²) in [5, 5.41) is 11.6. The van der Waals surface area contributed by atoms with Crippen molar-refractivity contribution < 1.29 is 41.8 Å². The second-order valence-corrected chi connectivity index (χ2v) is 15.5. The van der Waals surface area contributed by atoms with Gasteiger partial charge in [0, 0.05) is 12.5 Å². The normalized spacial score (nSPS) is 39.4. The lowest BCUT2D eigenvalue weighted by Crippen LogP contribution is -2.37. The summed E-state index contributed by atoms with van der Waals surface area (Å²) in [6.07, 6.45) is -1.91. The Hall–Kier alpha value is -2.97. The summed E-state index contributed by atoms with van der Waals surface area (Å²) in [6.45, 7) is -4.74. The molecule has 4 fully saturated rings. The number of rotatable bonds is 3. The third kappa shape index (κ3) is 4.64. The van der Waals surface area contributed by atoms with Gasteiger partial charge in [0.15, 0.2) is 28.9 Å². The number of aromatic nitrogens is 8. The van der Waals surface area contributed by atoms with Crippen molar-refractivity contribution in [1.82, 2.24) is 39.0 Å². The lowest BCUT2D eigenvalue weighted by molar-refractivity contribution is -0.0572.